The zero-order valence-electron chi connectivity index (χ0n) is 17.9. The molecule has 0 spiro atoms. The van der Waals surface area contributed by atoms with Crippen molar-refractivity contribution in [2.24, 2.45) is 0 Å². The smallest absolute Gasteiger partial charge is 0.234 e. The summed E-state index contributed by atoms with van der Waals surface area (Å²) in [6.07, 6.45) is 3.37. The maximum Gasteiger partial charge on any atom is 0.234 e. The summed E-state index contributed by atoms with van der Waals surface area (Å²) in [5.41, 5.74) is 5.61. The SMILES string of the molecule is CCc1cccc(CC)c1NC(=O)CSc1ncnc2sc(C)c(-c3ccccc3)c12. The van der Waals surface area contributed by atoms with Crippen molar-refractivity contribution >= 4 is 44.9 Å². The van der Waals surface area contributed by atoms with E-state index in [0.717, 1.165) is 44.9 Å². The zero-order chi connectivity index (χ0) is 21.8. The summed E-state index contributed by atoms with van der Waals surface area (Å²) in [6.45, 7) is 6.34. The van der Waals surface area contributed by atoms with Gasteiger partial charge in [-0.25, -0.2) is 9.97 Å². The van der Waals surface area contributed by atoms with Crippen LogP contribution in [0, 0.1) is 6.92 Å². The highest BCUT2D eigenvalue weighted by molar-refractivity contribution is 8.00. The highest BCUT2D eigenvalue weighted by atomic mass is 32.2. The molecule has 0 atom stereocenters. The Bertz CT molecular complexity index is 1200. The van der Waals surface area contributed by atoms with Crippen molar-refractivity contribution in [3.05, 3.63) is 70.9 Å². The largest absolute Gasteiger partial charge is 0.325 e. The molecule has 0 aliphatic heterocycles. The van der Waals surface area contributed by atoms with Gasteiger partial charge in [0.2, 0.25) is 5.91 Å². The van der Waals surface area contributed by atoms with Crippen LogP contribution in [-0.4, -0.2) is 21.6 Å². The van der Waals surface area contributed by atoms with Crippen LogP contribution in [0.25, 0.3) is 21.3 Å². The first kappa shape index (κ1) is 21.5. The van der Waals surface area contributed by atoms with Crippen molar-refractivity contribution in [3.8, 4) is 11.1 Å². The molecule has 2 heterocycles. The van der Waals surface area contributed by atoms with Crippen LogP contribution in [-0.2, 0) is 17.6 Å². The minimum Gasteiger partial charge on any atom is -0.325 e. The van der Waals surface area contributed by atoms with E-state index in [1.54, 1.807) is 17.7 Å². The van der Waals surface area contributed by atoms with Crippen molar-refractivity contribution in [3.63, 3.8) is 0 Å². The Hall–Kier alpha value is -2.70. The molecule has 158 valence electrons. The van der Waals surface area contributed by atoms with Crippen LogP contribution < -0.4 is 5.32 Å². The molecule has 0 aliphatic carbocycles. The molecular formula is C25H25N3OS2. The van der Waals surface area contributed by atoms with Crippen LogP contribution in [0.1, 0.15) is 29.9 Å². The van der Waals surface area contributed by atoms with Crippen LogP contribution in [0.15, 0.2) is 59.9 Å². The van der Waals surface area contributed by atoms with Gasteiger partial charge < -0.3 is 5.32 Å². The average molecular weight is 448 g/mol. The highest BCUT2D eigenvalue weighted by Crippen LogP contribution is 2.41. The highest BCUT2D eigenvalue weighted by Gasteiger charge is 2.18. The van der Waals surface area contributed by atoms with E-state index in [2.05, 4.69) is 66.4 Å². The molecule has 1 amide bonds. The molecule has 0 bridgehead atoms. The quantitative estimate of drug-likeness (QED) is 0.259. The molecule has 0 fully saturated rings. The number of hydrogen-bond acceptors (Lipinski definition) is 5. The van der Waals surface area contributed by atoms with Crippen LogP contribution in [0.5, 0.6) is 0 Å². The van der Waals surface area contributed by atoms with Gasteiger partial charge in [-0.2, -0.15) is 0 Å². The van der Waals surface area contributed by atoms with E-state index in [1.165, 1.54) is 27.8 Å². The van der Waals surface area contributed by atoms with Gasteiger partial charge in [0.15, 0.2) is 0 Å². The van der Waals surface area contributed by atoms with E-state index >= 15 is 0 Å². The van der Waals surface area contributed by atoms with Gasteiger partial charge in [-0.05, 0) is 36.5 Å². The van der Waals surface area contributed by atoms with E-state index in [-0.39, 0.29) is 5.91 Å². The number of amides is 1. The topological polar surface area (TPSA) is 54.9 Å². The first-order valence-electron chi connectivity index (χ1n) is 10.4. The monoisotopic (exact) mass is 447 g/mol. The van der Waals surface area contributed by atoms with Gasteiger partial charge in [0.05, 0.1) is 11.1 Å². The fourth-order valence-electron chi connectivity index (χ4n) is 3.79. The molecule has 31 heavy (non-hydrogen) atoms. The number of benzene rings is 2. The summed E-state index contributed by atoms with van der Waals surface area (Å²) in [5, 5.41) is 5.04. The number of hydrogen-bond donors (Lipinski definition) is 1. The Morgan fingerprint density at radius 2 is 1.71 bits per heavy atom. The summed E-state index contributed by atoms with van der Waals surface area (Å²) in [7, 11) is 0. The molecule has 0 unspecified atom stereocenters. The summed E-state index contributed by atoms with van der Waals surface area (Å²) >= 11 is 3.14. The number of nitrogens with one attached hydrogen (secondary N) is 1. The molecule has 1 N–H and O–H groups in total. The third-order valence-corrected chi connectivity index (χ3v) is 7.30. The first-order valence-corrected chi connectivity index (χ1v) is 12.3. The van der Waals surface area contributed by atoms with Crippen molar-refractivity contribution in [1.29, 1.82) is 0 Å². The number of rotatable bonds is 7. The van der Waals surface area contributed by atoms with Gasteiger partial charge in [-0.1, -0.05) is 74.1 Å². The van der Waals surface area contributed by atoms with Crippen molar-refractivity contribution in [1.82, 2.24) is 9.97 Å². The van der Waals surface area contributed by atoms with Gasteiger partial charge in [-0.15, -0.1) is 11.3 Å². The maximum atomic E-state index is 12.8. The van der Waals surface area contributed by atoms with E-state index in [0.29, 0.717) is 5.75 Å². The van der Waals surface area contributed by atoms with Gasteiger partial charge in [0, 0.05) is 16.1 Å². The molecule has 0 radical (unpaired) electrons. The van der Waals surface area contributed by atoms with Gasteiger partial charge in [-0.3, -0.25) is 4.79 Å². The van der Waals surface area contributed by atoms with E-state index in [4.69, 9.17) is 0 Å². The van der Waals surface area contributed by atoms with Crippen LogP contribution >= 0.6 is 23.1 Å². The molecule has 4 aromatic rings. The summed E-state index contributed by atoms with van der Waals surface area (Å²) in [6, 6.07) is 16.5. The number of aryl methyl sites for hydroxylation is 3. The summed E-state index contributed by atoms with van der Waals surface area (Å²) in [4.78, 5) is 24.0. The predicted octanol–water partition coefficient (Wildman–Crippen LogP) is 6.52. The molecule has 4 nitrogen and oxygen atoms in total. The van der Waals surface area contributed by atoms with Crippen LogP contribution in [0.4, 0.5) is 5.69 Å². The lowest BCUT2D eigenvalue weighted by atomic mass is 10.0. The molecule has 0 aliphatic rings. The number of thioether (sulfide) groups is 1. The first-order chi connectivity index (χ1) is 15.1. The Morgan fingerprint density at radius 1 is 1.00 bits per heavy atom. The van der Waals surface area contributed by atoms with Crippen molar-refractivity contribution in [2.75, 3.05) is 11.1 Å². The Morgan fingerprint density at radius 3 is 2.39 bits per heavy atom. The molecule has 0 saturated heterocycles. The minimum atomic E-state index is -0.0134. The molecular weight excluding hydrogens is 422 g/mol. The van der Waals surface area contributed by atoms with Crippen molar-refractivity contribution in [2.45, 2.75) is 38.6 Å². The second-order valence-electron chi connectivity index (χ2n) is 7.25. The molecule has 4 rings (SSSR count). The number of anilines is 1. The number of thiophene rings is 1. The van der Waals surface area contributed by atoms with Crippen LogP contribution in [0.2, 0.25) is 0 Å². The van der Waals surface area contributed by atoms with Crippen molar-refractivity contribution < 1.29 is 4.79 Å². The van der Waals surface area contributed by atoms with E-state index < -0.39 is 0 Å². The lowest BCUT2D eigenvalue weighted by molar-refractivity contribution is -0.113. The molecule has 2 aromatic heterocycles. The Kier molecular flexibility index (Phi) is 6.68. The van der Waals surface area contributed by atoms with E-state index in [1.807, 2.05) is 18.2 Å². The lowest BCUT2D eigenvalue weighted by Crippen LogP contribution is -2.16. The number of aromatic nitrogens is 2. The predicted molar refractivity (Wildman–Crippen MR) is 132 cm³/mol. The fourth-order valence-corrected chi connectivity index (χ4v) is 5.67. The lowest BCUT2D eigenvalue weighted by Gasteiger charge is -2.14. The third kappa shape index (κ3) is 4.50. The minimum absolute atomic E-state index is 0.0134. The Balaban J connectivity index is 1.60. The van der Waals surface area contributed by atoms with Gasteiger partial charge >= 0.3 is 0 Å². The second kappa shape index (κ2) is 9.62. The number of carbonyl (C=O) groups excluding carboxylic acids is 1. The molecule has 2 aromatic carbocycles. The second-order valence-corrected chi connectivity index (χ2v) is 9.42. The standard InChI is InChI=1S/C25H25N3OS2/c1-4-17-12-9-13-18(5-2)23(17)28-20(29)14-30-24-22-21(19-10-7-6-8-11-19)16(3)31-25(22)27-15-26-24/h6-13,15H,4-5,14H2,1-3H3,(H,28,29). The van der Waals surface area contributed by atoms with Gasteiger partial charge in [0.1, 0.15) is 16.2 Å². The summed E-state index contributed by atoms with van der Waals surface area (Å²) < 4.78 is 0. The summed E-state index contributed by atoms with van der Waals surface area (Å²) in [5.74, 6) is 0.289. The number of carbonyl (C=O) groups is 1. The average Bonchev–Trinajstić information content (AvgIpc) is 3.14. The molecule has 6 heteroatoms. The Labute approximate surface area is 191 Å². The van der Waals surface area contributed by atoms with E-state index in [9.17, 15) is 4.79 Å². The zero-order valence-corrected chi connectivity index (χ0v) is 19.6. The normalized spacial score (nSPS) is 11.1. The van der Waals surface area contributed by atoms with Gasteiger partial charge in [0.25, 0.3) is 0 Å². The number of para-hydroxylation sites is 1. The molecule has 0 saturated carbocycles. The fraction of sp³-hybridized carbons (Fsp3) is 0.240. The maximum absolute atomic E-state index is 12.8. The number of nitrogens with zero attached hydrogens (tertiary/aromatic N) is 2. The number of fused-ring (bicyclic) bond motifs is 1. The third-order valence-electron chi connectivity index (χ3n) is 5.30. The van der Waals surface area contributed by atoms with Crippen LogP contribution in [0.3, 0.4) is 0 Å².